The standard InChI is InChI=1S/C20H17ClN4O3/c1-11-23-24-20-16(10-18(26)27)22-19(12-3-5-13(21)6-4-12)15-9-14(28-2)7-8-17(15)25(11)20/h3-9,16H,10H2,1-2H3,(H,26,27)/t16-/m0/s1/i1D3,2D3. The van der Waals surface area contributed by atoms with E-state index in [4.69, 9.17) is 24.6 Å². The number of halogens is 1. The van der Waals surface area contributed by atoms with Gasteiger partial charge in [0, 0.05) is 20.3 Å². The van der Waals surface area contributed by atoms with Gasteiger partial charge in [0.2, 0.25) is 0 Å². The van der Waals surface area contributed by atoms with Crippen LogP contribution in [0.3, 0.4) is 0 Å². The number of aromatic nitrogens is 3. The second-order valence-corrected chi connectivity index (χ2v) is 6.53. The zero-order valence-electron chi connectivity index (χ0n) is 20.3. The van der Waals surface area contributed by atoms with Gasteiger partial charge in [-0.2, -0.15) is 0 Å². The fourth-order valence-corrected chi connectivity index (χ4v) is 3.26. The molecule has 2 aromatic carbocycles. The van der Waals surface area contributed by atoms with E-state index >= 15 is 0 Å². The SMILES string of the molecule is [2H]C([2H])([2H])Oc1ccc2c(c1)C(c1ccc(Cl)cc1)=N[C@@H](CC(=O)O)c1nnc(C([2H])([2H])[2H])n1-2. The minimum atomic E-state index is -2.73. The van der Waals surface area contributed by atoms with Crippen LogP contribution in [0, 0.1) is 6.85 Å². The third-order valence-electron chi connectivity index (χ3n) is 4.34. The van der Waals surface area contributed by atoms with Crippen molar-refractivity contribution in [2.45, 2.75) is 19.3 Å². The molecule has 2 heterocycles. The number of carboxylic acid groups (broad SMARTS) is 1. The number of fused-ring (bicyclic) bond motifs is 3. The maximum atomic E-state index is 11.6. The van der Waals surface area contributed by atoms with Crippen molar-refractivity contribution >= 4 is 23.3 Å². The van der Waals surface area contributed by atoms with Crippen LogP contribution in [-0.2, 0) is 4.79 Å². The van der Waals surface area contributed by atoms with E-state index in [-0.39, 0.29) is 28.8 Å². The van der Waals surface area contributed by atoms with Crippen LogP contribution in [0.15, 0.2) is 47.5 Å². The Morgan fingerprint density at radius 1 is 1.29 bits per heavy atom. The van der Waals surface area contributed by atoms with Crippen molar-refractivity contribution in [2.24, 2.45) is 4.99 Å². The third-order valence-corrected chi connectivity index (χ3v) is 4.59. The summed E-state index contributed by atoms with van der Waals surface area (Å²) >= 11 is 6.02. The van der Waals surface area contributed by atoms with E-state index in [0.717, 1.165) is 0 Å². The highest BCUT2D eigenvalue weighted by atomic mass is 35.5. The Morgan fingerprint density at radius 2 is 2.11 bits per heavy atom. The molecule has 0 saturated carbocycles. The number of benzene rings is 2. The molecule has 1 aliphatic rings. The van der Waals surface area contributed by atoms with E-state index in [1.807, 2.05) is 0 Å². The van der Waals surface area contributed by atoms with Gasteiger partial charge < -0.3 is 9.84 Å². The number of aryl methyl sites for hydroxylation is 1. The number of aliphatic carboxylic acids is 1. The number of carboxylic acids is 1. The number of hydrogen-bond acceptors (Lipinski definition) is 5. The zero-order chi connectivity index (χ0) is 24.8. The van der Waals surface area contributed by atoms with Gasteiger partial charge in [-0.25, -0.2) is 0 Å². The van der Waals surface area contributed by atoms with Crippen LogP contribution in [0.4, 0.5) is 0 Å². The number of hydrogen-bond donors (Lipinski definition) is 1. The van der Waals surface area contributed by atoms with Crippen LogP contribution in [0.25, 0.3) is 5.69 Å². The molecule has 0 saturated heterocycles. The number of methoxy groups -OCH3 is 1. The molecule has 28 heavy (non-hydrogen) atoms. The number of rotatable bonds is 4. The summed E-state index contributed by atoms with van der Waals surface area (Å²) in [4.78, 5) is 16.2. The van der Waals surface area contributed by atoms with Gasteiger partial charge >= 0.3 is 5.97 Å². The van der Waals surface area contributed by atoms with Gasteiger partial charge in [-0.3, -0.25) is 14.4 Å². The van der Waals surface area contributed by atoms with Gasteiger partial charge in [0.1, 0.15) is 17.6 Å². The van der Waals surface area contributed by atoms with E-state index in [0.29, 0.717) is 16.1 Å². The molecule has 0 bridgehead atoms. The molecule has 0 spiro atoms. The van der Waals surface area contributed by atoms with Gasteiger partial charge in [-0.15, -0.1) is 10.2 Å². The average molecular weight is 403 g/mol. The third kappa shape index (κ3) is 3.14. The van der Waals surface area contributed by atoms with E-state index in [9.17, 15) is 9.90 Å². The predicted octanol–water partition coefficient (Wildman–Crippen LogP) is 3.60. The molecule has 0 amide bonds. The maximum absolute atomic E-state index is 11.6. The summed E-state index contributed by atoms with van der Waals surface area (Å²) in [6.45, 7) is -2.67. The Bertz CT molecular complexity index is 1280. The molecule has 1 aliphatic heterocycles. The fraction of sp³-hybridized carbons (Fsp3) is 0.200. The molecular weight excluding hydrogens is 380 g/mol. The first-order valence-electron chi connectivity index (χ1n) is 11.2. The summed E-state index contributed by atoms with van der Waals surface area (Å²) < 4.78 is 52.2. The van der Waals surface area contributed by atoms with Crippen LogP contribution in [0.5, 0.6) is 5.75 Å². The lowest BCUT2D eigenvalue weighted by atomic mass is 10.00. The summed E-state index contributed by atoms with van der Waals surface area (Å²) in [6.07, 6.45) is -0.483. The summed E-state index contributed by atoms with van der Waals surface area (Å²) in [5.74, 6) is -1.53. The van der Waals surface area contributed by atoms with Crippen molar-refractivity contribution in [2.75, 3.05) is 7.04 Å². The van der Waals surface area contributed by atoms with Crippen molar-refractivity contribution in [3.63, 3.8) is 0 Å². The minimum absolute atomic E-state index is 0.0119. The van der Waals surface area contributed by atoms with Crippen LogP contribution >= 0.6 is 11.6 Å². The lowest BCUT2D eigenvalue weighted by molar-refractivity contribution is -0.137. The van der Waals surface area contributed by atoms with Crippen molar-refractivity contribution in [3.05, 3.63) is 70.3 Å². The van der Waals surface area contributed by atoms with Gasteiger partial charge in [0.25, 0.3) is 0 Å². The molecule has 0 unspecified atom stereocenters. The monoisotopic (exact) mass is 402 g/mol. The largest absolute Gasteiger partial charge is 0.497 e. The van der Waals surface area contributed by atoms with E-state index in [1.54, 1.807) is 24.3 Å². The quantitative estimate of drug-likeness (QED) is 0.720. The first-order valence-corrected chi connectivity index (χ1v) is 8.56. The van der Waals surface area contributed by atoms with Crippen molar-refractivity contribution in [1.82, 2.24) is 14.8 Å². The molecule has 1 N–H and O–H groups in total. The van der Waals surface area contributed by atoms with E-state index in [2.05, 4.69) is 15.2 Å². The molecule has 0 radical (unpaired) electrons. The van der Waals surface area contributed by atoms with Crippen molar-refractivity contribution in [3.8, 4) is 11.4 Å². The summed E-state index contributed by atoms with van der Waals surface area (Å²) in [6, 6.07) is 9.73. The molecule has 3 aromatic rings. The molecule has 4 rings (SSSR count). The minimum Gasteiger partial charge on any atom is -0.497 e. The first-order chi connectivity index (χ1) is 15.8. The van der Waals surface area contributed by atoms with E-state index < -0.39 is 32.3 Å². The van der Waals surface area contributed by atoms with Gasteiger partial charge in [-0.1, -0.05) is 23.7 Å². The number of ether oxygens (including phenoxy) is 1. The average Bonchev–Trinajstić information content (AvgIpc) is 3.11. The summed E-state index contributed by atoms with van der Waals surface area (Å²) in [5.41, 5.74) is 1.42. The van der Waals surface area contributed by atoms with Gasteiger partial charge in [0.15, 0.2) is 5.82 Å². The second-order valence-electron chi connectivity index (χ2n) is 6.10. The molecular formula is C20H17ClN4O3. The van der Waals surface area contributed by atoms with Crippen LogP contribution < -0.4 is 4.74 Å². The maximum Gasteiger partial charge on any atom is 0.306 e. The molecule has 7 nitrogen and oxygen atoms in total. The molecule has 0 aliphatic carbocycles. The fourth-order valence-electron chi connectivity index (χ4n) is 3.14. The second kappa shape index (κ2) is 7.09. The van der Waals surface area contributed by atoms with Crippen LogP contribution in [-0.4, -0.2) is 38.6 Å². The van der Waals surface area contributed by atoms with Gasteiger partial charge in [0.05, 0.1) is 29.0 Å². The first kappa shape index (κ1) is 12.3. The van der Waals surface area contributed by atoms with Crippen LogP contribution in [0.1, 0.15) is 43.5 Å². The number of nitrogens with zero attached hydrogens (tertiary/aromatic N) is 4. The highest BCUT2D eigenvalue weighted by Gasteiger charge is 2.29. The molecule has 0 fully saturated rings. The normalized spacial score (nSPS) is 19.3. The predicted molar refractivity (Wildman–Crippen MR) is 105 cm³/mol. The molecule has 1 aromatic heterocycles. The van der Waals surface area contributed by atoms with Crippen molar-refractivity contribution in [1.29, 1.82) is 0 Å². The number of aliphatic imine (C=N–C) groups is 1. The molecule has 8 heteroatoms. The Balaban J connectivity index is 2.04. The Kier molecular flexibility index (Phi) is 3.11. The summed E-state index contributed by atoms with van der Waals surface area (Å²) in [7, 11) is -2.73. The summed E-state index contributed by atoms with van der Waals surface area (Å²) in [5, 5.41) is 17.7. The van der Waals surface area contributed by atoms with Crippen molar-refractivity contribution < 1.29 is 22.9 Å². The highest BCUT2D eigenvalue weighted by molar-refractivity contribution is 6.30. The topological polar surface area (TPSA) is 89.6 Å². The van der Waals surface area contributed by atoms with E-state index in [1.165, 1.54) is 22.8 Å². The van der Waals surface area contributed by atoms with Gasteiger partial charge in [-0.05, 0) is 37.2 Å². The Hall–Kier alpha value is -3.19. The zero-order valence-corrected chi connectivity index (χ0v) is 15.0. The Morgan fingerprint density at radius 3 is 2.82 bits per heavy atom. The number of carbonyl (C=O) groups is 1. The van der Waals surface area contributed by atoms with Crippen LogP contribution in [0.2, 0.25) is 5.02 Å². The highest BCUT2D eigenvalue weighted by Crippen LogP contribution is 2.34. The Labute approximate surface area is 174 Å². The lowest BCUT2D eigenvalue weighted by Crippen LogP contribution is -2.10. The molecule has 1 atom stereocenters. The molecule has 142 valence electrons. The smallest absolute Gasteiger partial charge is 0.306 e. The lowest BCUT2D eigenvalue weighted by Gasteiger charge is -2.14.